The van der Waals surface area contributed by atoms with Gasteiger partial charge in [0.25, 0.3) is 5.91 Å². The van der Waals surface area contributed by atoms with Gasteiger partial charge in [0.05, 0.1) is 5.69 Å². The summed E-state index contributed by atoms with van der Waals surface area (Å²) in [4.78, 5) is 42.2. The Morgan fingerprint density at radius 2 is 1.76 bits per heavy atom. The molecule has 0 radical (unpaired) electrons. The van der Waals surface area contributed by atoms with E-state index in [1.54, 1.807) is 29.0 Å². The Hall–Kier alpha value is -3.38. The molecule has 3 aromatic rings. The predicted octanol–water partition coefficient (Wildman–Crippen LogP) is 4.79. The molecule has 3 amide bonds. The quantitative estimate of drug-likeness (QED) is 0.482. The van der Waals surface area contributed by atoms with Crippen molar-refractivity contribution in [2.75, 3.05) is 18.5 Å². The van der Waals surface area contributed by atoms with Crippen LogP contribution in [0.2, 0.25) is 5.02 Å². The number of carbonyl (C=O) groups is 3. The minimum Gasteiger partial charge on any atom is -0.357 e. The minimum absolute atomic E-state index is 0.0333. The van der Waals surface area contributed by atoms with Crippen molar-refractivity contribution in [2.45, 2.75) is 38.8 Å². The monoisotopic (exact) mass is 477 g/mol. The highest BCUT2D eigenvalue weighted by Crippen LogP contribution is 2.37. The van der Waals surface area contributed by atoms with Gasteiger partial charge in [0.1, 0.15) is 6.04 Å². The average molecular weight is 478 g/mol. The molecule has 1 aliphatic heterocycles. The van der Waals surface area contributed by atoms with E-state index in [0.29, 0.717) is 36.5 Å². The number of hydrogen-bond acceptors (Lipinski definition) is 3. The maximum atomic E-state index is 13.3. The summed E-state index contributed by atoms with van der Waals surface area (Å²) in [6.45, 7) is 2.64. The van der Waals surface area contributed by atoms with Crippen molar-refractivity contribution in [3.63, 3.8) is 0 Å². The van der Waals surface area contributed by atoms with E-state index in [4.69, 9.17) is 11.6 Å². The third-order valence-electron chi connectivity index (χ3n) is 6.32. The Bertz CT molecular complexity index is 1220. The van der Waals surface area contributed by atoms with Gasteiger partial charge in [0.2, 0.25) is 11.8 Å². The van der Waals surface area contributed by atoms with E-state index in [2.05, 4.69) is 5.32 Å². The number of hydrogen-bond donors (Lipinski definition) is 1. The summed E-state index contributed by atoms with van der Waals surface area (Å²) in [6, 6.07) is 18.3. The van der Waals surface area contributed by atoms with Crippen LogP contribution in [0.15, 0.2) is 60.7 Å². The van der Waals surface area contributed by atoms with Gasteiger partial charge in [0.15, 0.2) is 0 Å². The van der Waals surface area contributed by atoms with E-state index in [1.165, 1.54) is 0 Å². The molecule has 4 rings (SSSR count). The Morgan fingerprint density at radius 1 is 1.06 bits per heavy atom. The number of halogens is 1. The van der Waals surface area contributed by atoms with Crippen LogP contribution in [-0.2, 0) is 16.1 Å². The maximum Gasteiger partial charge on any atom is 0.258 e. The SMILES string of the molecule is CC[C@@H](C(=O)NC)N(Cc1ccc(Cl)cc1)C(=O)CCCN1C(=O)c2cccc3cccc1c23. The van der Waals surface area contributed by atoms with Crippen molar-refractivity contribution >= 4 is 45.8 Å². The second-order valence-corrected chi connectivity index (χ2v) is 8.86. The third kappa shape index (κ3) is 4.64. The lowest BCUT2D eigenvalue weighted by atomic mass is 10.1. The minimum atomic E-state index is -0.570. The predicted molar refractivity (Wildman–Crippen MR) is 135 cm³/mol. The summed E-state index contributed by atoms with van der Waals surface area (Å²) in [6.07, 6.45) is 1.23. The number of benzene rings is 3. The third-order valence-corrected chi connectivity index (χ3v) is 6.57. The summed E-state index contributed by atoms with van der Waals surface area (Å²) in [5.74, 6) is -0.344. The maximum absolute atomic E-state index is 13.3. The summed E-state index contributed by atoms with van der Waals surface area (Å²) in [5, 5.41) is 5.29. The Kier molecular flexibility index (Phi) is 7.17. The van der Waals surface area contributed by atoms with Gasteiger partial charge in [-0.05, 0) is 48.1 Å². The van der Waals surface area contributed by atoms with Crippen LogP contribution in [0.25, 0.3) is 10.8 Å². The fourth-order valence-electron chi connectivity index (χ4n) is 4.61. The first-order valence-electron chi connectivity index (χ1n) is 11.5. The molecule has 7 heteroatoms. The molecule has 0 aromatic heterocycles. The highest BCUT2D eigenvalue weighted by atomic mass is 35.5. The van der Waals surface area contributed by atoms with Crippen molar-refractivity contribution in [1.29, 1.82) is 0 Å². The molecular formula is C27H28ClN3O3. The number of amides is 3. The number of nitrogens with zero attached hydrogens (tertiary/aromatic N) is 2. The zero-order valence-electron chi connectivity index (χ0n) is 19.4. The van der Waals surface area contributed by atoms with Gasteiger partial charge in [-0.2, -0.15) is 0 Å². The first kappa shape index (κ1) is 23.8. The van der Waals surface area contributed by atoms with Crippen LogP contribution in [0.3, 0.4) is 0 Å². The van der Waals surface area contributed by atoms with Crippen molar-refractivity contribution in [3.05, 3.63) is 76.8 Å². The normalized spacial score (nSPS) is 13.3. The lowest BCUT2D eigenvalue weighted by Gasteiger charge is -2.30. The zero-order chi connectivity index (χ0) is 24.2. The van der Waals surface area contributed by atoms with E-state index in [1.807, 2.05) is 55.5 Å². The van der Waals surface area contributed by atoms with Crippen LogP contribution < -0.4 is 10.2 Å². The molecule has 1 N–H and O–H groups in total. The van der Waals surface area contributed by atoms with Gasteiger partial charge in [-0.25, -0.2) is 0 Å². The molecule has 3 aromatic carbocycles. The van der Waals surface area contributed by atoms with Crippen molar-refractivity contribution in [1.82, 2.24) is 10.2 Å². The smallest absolute Gasteiger partial charge is 0.258 e. The molecule has 1 aliphatic rings. The number of likely N-dealkylation sites (N-methyl/N-ethyl adjacent to an activating group) is 1. The molecule has 176 valence electrons. The van der Waals surface area contributed by atoms with E-state index in [-0.39, 0.29) is 24.1 Å². The van der Waals surface area contributed by atoms with Gasteiger partial charge >= 0.3 is 0 Å². The van der Waals surface area contributed by atoms with Crippen LogP contribution in [-0.4, -0.2) is 42.3 Å². The van der Waals surface area contributed by atoms with Crippen LogP contribution in [0.1, 0.15) is 42.1 Å². The molecule has 0 unspecified atom stereocenters. The molecule has 1 atom stereocenters. The van der Waals surface area contributed by atoms with Crippen LogP contribution >= 0.6 is 11.6 Å². The van der Waals surface area contributed by atoms with Gasteiger partial charge < -0.3 is 15.1 Å². The largest absolute Gasteiger partial charge is 0.357 e. The van der Waals surface area contributed by atoms with Crippen LogP contribution in [0, 0.1) is 0 Å². The zero-order valence-corrected chi connectivity index (χ0v) is 20.1. The first-order chi connectivity index (χ1) is 16.4. The Morgan fingerprint density at radius 3 is 2.44 bits per heavy atom. The molecule has 0 saturated carbocycles. The molecule has 0 saturated heterocycles. The first-order valence-corrected chi connectivity index (χ1v) is 11.9. The van der Waals surface area contributed by atoms with Gasteiger partial charge in [-0.1, -0.05) is 54.9 Å². The topological polar surface area (TPSA) is 69.7 Å². The summed E-state index contributed by atoms with van der Waals surface area (Å²) in [7, 11) is 1.58. The van der Waals surface area contributed by atoms with Gasteiger partial charge in [0, 0.05) is 42.5 Å². The van der Waals surface area contributed by atoms with Gasteiger partial charge in [-0.15, -0.1) is 0 Å². The lowest BCUT2D eigenvalue weighted by Crippen LogP contribution is -2.48. The molecule has 34 heavy (non-hydrogen) atoms. The molecular weight excluding hydrogens is 450 g/mol. The standard InChI is InChI=1S/C27H28ClN3O3/c1-3-22(26(33)29-2)31(17-18-12-14-20(28)15-13-18)24(32)11-6-16-30-23-10-5-8-19-7-4-9-21(25(19)23)27(30)34/h4-5,7-10,12-15,22H,3,6,11,16-17H2,1-2H3,(H,29,33)/t22-/m0/s1. The Balaban J connectivity index is 1.47. The Labute approximate surface area is 204 Å². The van der Waals surface area contributed by atoms with Crippen LogP contribution in [0.4, 0.5) is 5.69 Å². The number of anilines is 1. The molecule has 1 heterocycles. The second kappa shape index (κ2) is 10.3. The fourth-order valence-corrected chi connectivity index (χ4v) is 4.73. The highest BCUT2D eigenvalue weighted by molar-refractivity contribution is 6.30. The second-order valence-electron chi connectivity index (χ2n) is 8.43. The van der Waals surface area contributed by atoms with E-state index in [0.717, 1.165) is 22.0 Å². The molecule has 0 fully saturated rings. The fraction of sp³-hybridized carbons (Fsp3) is 0.296. The van der Waals surface area contributed by atoms with E-state index >= 15 is 0 Å². The van der Waals surface area contributed by atoms with Crippen molar-refractivity contribution in [3.8, 4) is 0 Å². The number of carbonyl (C=O) groups excluding carboxylic acids is 3. The van der Waals surface area contributed by atoms with Crippen molar-refractivity contribution in [2.24, 2.45) is 0 Å². The molecule has 6 nitrogen and oxygen atoms in total. The van der Waals surface area contributed by atoms with E-state index < -0.39 is 6.04 Å². The summed E-state index contributed by atoms with van der Waals surface area (Å²) < 4.78 is 0. The highest BCUT2D eigenvalue weighted by Gasteiger charge is 2.31. The van der Waals surface area contributed by atoms with Crippen molar-refractivity contribution < 1.29 is 14.4 Å². The lowest BCUT2D eigenvalue weighted by molar-refractivity contribution is -0.141. The van der Waals surface area contributed by atoms with Gasteiger partial charge in [-0.3, -0.25) is 14.4 Å². The number of nitrogens with one attached hydrogen (secondary N) is 1. The van der Waals surface area contributed by atoms with E-state index in [9.17, 15) is 14.4 Å². The van der Waals surface area contributed by atoms with Crippen LogP contribution in [0.5, 0.6) is 0 Å². The average Bonchev–Trinajstić information content (AvgIpc) is 3.13. The molecule has 0 bridgehead atoms. The molecule has 0 aliphatic carbocycles. The summed E-state index contributed by atoms with van der Waals surface area (Å²) >= 11 is 6.00. The number of rotatable bonds is 9. The summed E-state index contributed by atoms with van der Waals surface area (Å²) in [5.41, 5.74) is 2.49. The molecule has 0 spiro atoms.